The Morgan fingerprint density at radius 1 is 1.08 bits per heavy atom. The van der Waals surface area contributed by atoms with E-state index in [4.69, 9.17) is 16.2 Å². The van der Waals surface area contributed by atoms with Crippen LogP contribution < -0.4 is 21.5 Å². The molecule has 1 saturated heterocycles. The number of rotatable bonds is 9. The van der Waals surface area contributed by atoms with Gasteiger partial charge in [0.15, 0.2) is 0 Å². The van der Waals surface area contributed by atoms with Crippen LogP contribution in [0.4, 0.5) is 5.82 Å². The Balaban J connectivity index is 1.35. The van der Waals surface area contributed by atoms with Gasteiger partial charge in [-0.3, -0.25) is 14.5 Å². The SMILES string of the molecule is Cc1nc(N)ccc1CNC(=O)[C@H](C)N1CC(Cc2ccc(Oc3ccccc3)cc2)CC1C(N)=O. The number of hydrogen-bond donors (Lipinski definition) is 3. The first-order valence-electron chi connectivity index (χ1n) is 12.2. The fourth-order valence-electron chi connectivity index (χ4n) is 4.73. The second kappa shape index (κ2) is 11.2. The quantitative estimate of drug-likeness (QED) is 0.426. The Morgan fingerprint density at radius 3 is 2.44 bits per heavy atom. The van der Waals surface area contributed by atoms with E-state index >= 15 is 0 Å². The molecule has 0 saturated carbocycles. The van der Waals surface area contributed by atoms with E-state index in [2.05, 4.69) is 10.3 Å². The molecule has 1 aliphatic rings. The number of benzene rings is 2. The lowest BCUT2D eigenvalue weighted by Gasteiger charge is -2.28. The standard InChI is InChI=1S/C28H33N5O3/c1-18-22(10-13-26(29)32-18)16-31-28(35)19(2)33-17-21(15-25(33)27(30)34)14-20-8-11-24(12-9-20)36-23-6-4-3-5-7-23/h3-13,19,21,25H,14-17H2,1-2H3,(H2,29,32)(H2,30,34)(H,31,35)/t19-,21?,25?/m0/s1. The van der Waals surface area contributed by atoms with Crippen LogP contribution in [0.2, 0.25) is 0 Å². The Kier molecular flexibility index (Phi) is 7.85. The molecule has 1 fully saturated rings. The number of primary amides is 1. The molecule has 0 aliphatic carbocycles. The fourth-order valence-corrected chi connectivity index (χ4v) is 4.73. The Labute approximate surface area is 211 Å². The highest BCUT2D eigenvalue weighted by Gasteiger charge is 2.40. The number of aryl methyl sites for hydroxylation is 1. The Hall–Kier alpha value is -3.91. The number of hydrogen-bond acceptors (Lipinski definition) is 6. The van der Waals surface area contributed by atoms with Gasteiger partial charge in [0.1, 0.15) is 17.3 Å². The molecule has 3 atom stereocenters. The highest BCUT2D eigenvalue weighted by atomic mass is 16.5. The number of nitrogens with two attached hydrogens (primary N) is 2. The van der Waals surface area contributed by atoms with Gasteiger partial charge in [-0.05, 0) is 74.1 Å². The largest absolute Gasteiger partial charge is 0.457 e. The van der Waals surface area contributed by atoms with E-state index in [-0.39, 0.29) is 11.8 Å². The highest BCUT2D eigenvalue weighted by Crippen LogP contribution is 2.29. The monoisotopic (exact) mass is 487 g/mol. The van der Waals surface area contributed by atoms with Crippen molar-refractivity contribution in [2.45, 2.75) is 45.3 Å². The second-order valence-corrected chi connectivity index (χ2v) is 9.35. The lowest BCUT2D eigenvalue weighted by Crippen LogP contribution is -2.51. The maximum atomic E-state index is 12.9. The van der Waals surface area contributed by atoms with Gasteiger partial charge in [-0.1, -0.05) is 36.4 Å². The first kappa shape index (κ1) is 25.2. The molecular formula is C28H33N5O3. The number of aromatic nitrogens is 1. The van der Waals surface area contributed by atoms with Gasteiger partial charge in [0.25, 0.3) is 0 Å². The topological polar surface area (TPSA) is 124 Å². The summed E-state index contributed by atoms with van der Waals surface area (Å²) in [4.78, 5) is 31.3. The van der Waals surface area contributed by atoms with Crippen LogP contribution in [0.1, 0.15) is 30.2 Å². The molecule has 188 valence electrons. The van der Waals surface area contributed by atoms with Crippen LogP contribution >= 0.6 is 0 Å². The van der Waals surface area contributed by atoms with Crippen molar-refractivity contribution in [2.24, 2.45) is 11.7 Å². The summed E-state index contributed by atoms with van der Waals surface area (Å²) in [5, 5.41) is 2.96. The molecule has 2 amide bonds. The maximum absolute atomic E-state index is 12.9. The molecule has 0 radical (unpaired) electrons. The van der Waals surface area contributed by atoms with E-state index < -0.39 is 18.0 Å². The number of anilines is 1. The Bertz CT molecular complexity index is 1200. The highest BCUT2D eigenvalue weighted by molar-refractivity contribution is 5.84. The summed E-state index contributed by atoms with van der Waals surface area (Å²) in [5.41, 5.74) is 14.3. The number of nitrogens with one attached hydrogen (secondary N) is 1. The van der Waals surface area contributed by atoms with Crippen molar-refractivity contribution in [3.63, 3.8) is 0 Å². The molecule has 8 nitrogen and oxygen atoms in total. The number of carbonyl (C=O) groups excluding carboxylic acids is 2. The van der Waals surface area contributed by atoms with Crippen LogP contribution in [-0.4, -0.2) is 40.3 Å². The normalized spacial score (nSPS) is 18.5. The molecule has 2 heterocycles. The van der Waals surface area contributed by atoms with Crippen LogP contribution in [-0.2, 0) is 22.6 Å². The summed E-state index contributed by atoms with van der Waals surface area (Å²) >= 11 is 0. The lowest BCUT2D eigenvalue weighted by molar-refractivity contribution is -0.129. The molecule has 0 bridgehead atoms. The van der Waals surface area contributed by atoms with Crippen LogP contribution in [0.5, 0.6) is 11.5 Å². The van der Waals surface area contributed by atoms with Crippen molar-refractivity contribution in [3.8, 4) is 11.5 Å². The number of pyridine rings is 1. The third-order valence-corrected chi connectivity index (χ3v) is 6.73. The number of nitrogens with zero attached hydrogens (tertiary/aromatic N) is 2. The van der Waals surface area contributed by atoms with Gasteiger partial charge in [-0.25, -0.2) is 4.98 Å². The van der Waals surface area contributed by atoms with E-state index in [9.17, 15) is 9.59 Å². The molecule has 2 unspecified atom stereocenters. The molecule has 8 heteroatoms. The van der Waals surface area contributed by atoms with Crippen molar-refractivity contribution in [3.05, 3.63) is 83.6 Å². The number of carbonyl (C=O) groups is 2. The molecule has 5 N–H and O–H groups in total. The number of likely N-dealkylation sites (tertiary alicyclic amines) is 1. The van der Waals surface area contributed by atoms with Crippen molar-refractivity contribution in [1.82, 2.24) is 15.2 Å². The van der Waals surface area contributed by atoms with Crippen LogP contribution in [0, 0.1) is 12.8 Å². The molecule has 1 aromatic heterocycles. The van der Waals surface area contributed by atoms with E-state index in [1.807, 2.05) is 79.4 Å². The van der Waals surface area contributed by atoms with Crippen LogP contribution in [0.3, 0.4) is 0 Å². The van der Waals surface area contributed by atoms with E-state index in [1.165, 1.54) is 0 Å². The zero-order chi connectivity index (χ0) is 25.7. The lowest BCUT2D eigenvalue weighted by atomic mass is 9.96. The molecule has 36 heavy (non-hydrogen) atoms. The summed E-state index contributed by atoms with van der Waals surface area (Å²) in [6.45, 7) is 4.64. The first-order valence-corrected chi connectivity index (χ1v) is 12.2. The van der Waals surface area contributed by atoms with Crippen molar-refractivity contribution >= 4 is 17.6 Å². The van der Waals surface area contributed by atoms with Gasteiger partial charge in [-0.2, -0.15) is 0 Å². The predicted molar refractivity (Wildman–Crippen MR) is 139 cm³/mol. The number of amides is 2. The van der Waals surface area contributed by atoms with Crippen molar-refractivity contribution < 1.29 is 14.3 Å². The maximum Gasteiger partial charge on any atom is 0.237 e. The first-order chi connectivity index (χ1) is 17.3. The number of nitrogen functional groups attached to an aromatic ring is 1. The van der Waals surface area contributed by atoms with Crippen LogP contribution in [0.25, 0.3) is 0 Å². The Morgan fingerprint density at radius 2 is 1.78 bits per heavy atom. The van der Waals surface area contributed by atoms with Gasteiger partial charge in [0.2, 0.25) is 11.8 Å². The number of ether oxygens (including phenoxy) is 1. The van der Waals surface area contributed by atoms with E-state index in [0.717, 1.165) is 34.7 Å². The minimum atomic E-state index is -0.490. The zero-order valence-corrected chi connectivity index (χ0v) is 20.7. The van der Waals surface area contributed by atoms with E-state index in [1.54, 1.807) is 6.07 Å². The average molecular weight is 488 g/mol. The van der Waals surface area contributed by atoms with Crippen molar-refractivity contribution in [2.75, 3.05) is 12.3 Å². The van der Waals surface area contributed by atoms with Gasteiger partial charge in [0.05, 0.1) is 12.1 Å². The number of para-hydroxylation sites is 1. The molecule has 0 spiro atoms. The van der Waals surface area contributed by atoms with Gasteiger partial charge in [0, 0.05) is 18.8 Å². The minimum absolute atomic E-state index is 0.152. The molecule has 1 aliphatic heterocycles. The summed E-state index contributed by atoms with van der Waals surface area (Å²) in [5.74, 6) is 1.66. The van der Waals surface area contributed by atoms with Crippen molar-refractivity contribution in [1.29, 1.82) is 0 Å². The minimum Gasteiger partial charge on any atom is -0.457 e. The summed E-state index contributed by atoms with van der Waals surface area (Å²) in [7, 11) is 0. The molecular weight excluding hydrogens is 454 g/mol. The van der Waals surface area contributed by atoms with E-state index in [0.29, 0.717) is 25.3 Å². The van der Waals surface area contributed by atoms with Crippen LogP contribution in [0.15, 0.2) is 66.7 Å². The zero-order valence-electron chi connectivity index (χ0n) is 20.7. The second-order valence-electron chi connectivity index (χ2n) is 9.35. The predicted octanol–water partition coefficient (Wildman–Crippen LogP) is 3.19. The molecule has 2 aromatic carbocycles. The summed E-state index contributed by atoms with van der Waals surface area (Å²) in [6, 6.07) is 20.2. The smallest absolute Gasteiger partial charge is 0.237 e. The van der Waals surface area contributed by atoms with Gasteiger partial charge in [-0.15, -0.1) is 0 Å². The summed E-state index contributed by atoms with van der Waals surface area (Å²) < 4.78 is 5.87. The molecule has 4 rings (SSSR count). The molecule has 3 aromatic rings. The third kappa shape index (κ3) is 6.20. The third-order valence-electron chi connectivity index (χ3n) is 6.73. The summed E-state index contributed by atoms with van der Waals surface area (Å²) in [6.07, 6.45) is 1.41. The van der Waals surface area contributed by atoms with Gasteiger partial charge >= 0.3 is 0 Å². The average Bonchev–Trinajstić information content (AvgIpc) is 3.29. The van der Waals surface area contributed by atoms with Gasteiger partial charge < -0.3 is 21.5 Å². The fraction of sp³-hybridized carbons (Fsp3) is 0.321.